The number of hydrogen-bond donors (Lipinski definition) is 0. The van der Waals surface area contributed by atoms with Crippen LogP contribution in [-0.2, 0) is 11.3 Å². The van der Waals surface area contributed by atoms with Crippen molar-refractivity contribution in [1.29, 1.82) is 0 Å². The summed E-state index contributed by atoms with van der Waals surface area (Å²) in [4.78, 5) is 41.8. The number of fused-ring (bicyclic) bond motifs is 1. The summed E-state index contributed by atoms with van der Waals surface area (Å²) in [6, 6.07) is 9.49. The van der Waals surface area contributed by atoms with Gasteiger partial charge in [-0.2, -0.15) is 0 Å². The summed E-state index contributed by atoms with van der Waals surface area (Å²) in [7, 11) is 0. The Morgan fingerprint density at radius 1 is 1.17 bits per heavy atom. The average Bonchev–Trinajstić information content (AvgIpc) is 2.80. The highest BCUT2D eigenvalue weighted by Crippen LogP contribution is 2.24. The molecule has 24 heavy (non-hydrogen) atoms. The van der Waals surface area contributed by atoms with Crippen LogP contribution in [0.4, 0.5) is 0 Å². The molecule has 1 aliphatic rings. The molecule has 122 valence electrons. The lowest BCUT2D eigenvalue weighted by Crippen LogP contribution is -2.29. The van der Waals surface area contributed by atoms with Crippen molar-refractivity contribution in [2.45, 2.75) is 13.5 Å². The number of hydrogen-bond acceptors (Lipinski definition) is 5. The number of nitrogens with zero attached hydrogens (tertiary/aromatic N) is 2. The predicted octanol–water partition coefficient (Wildman–Crippen LogP) is 2.71. The van der Waals surface area contributed by atoms with E-state index in [4.69, 9.17) is 16.3 Å². The molecule has 2 amide bonds. The lowest BCUT2D eigenvalue weighted by molar-refractivity contribution is 0.0519. The highest BCUT2D eigenvalue weighted by Gasteiger charge is 2.35. The Morgan fingerprint density at radius 3 is 2.38 bits per heavy atom. The minimum Gasteiger partial charge on any atom is -0.461 e. The normalized spacial score (nSPS) is 13.2. The lowest BCUT2D eigenvalue weighted by atomic mass is 10.1. The van der Waals surface area contributed by atoms with E-state index in [-0.39, 0.29) is 23.9 Å². The van der Waals surface area contributed by atoms with E-state index >= 15 is 0 Å². The number of benzene rings is 1. The summed E-state index contributed by atoms with van der Waals surface area (Å²) >= 11 is 6.01. The third-order valence-electron chi connectivity index (χ3n) is 3.53. The maximum Gasteiger partial charge on any atom is 0.356 e. The quantitative estimate of drug-likeness (QED) is 0.629. The van der Waals surface area contributed by atoms with Gasteiger partial charge in [0.15, 0.2) is 0 Å². The third-order valence-corrected chi connectivity index (χ3v) is 3.74. The molecule has 2 aromatic rings. The Kier molecular flexibility index (Phi) is 4.31. The van der Waals surface area contributed by atoms with Crippen LogP contribution in [0, 0.1) is 0 Å². The van der Waals surface area contributed by atoms with Crippen LogP contribution in [0.15, 0.2) is 36.4 Å². The van der Waals surface area contributed by atoms with E-state index < -0.39 is 17.8 Å². The van der Waals surface area contributed by atoms with Gasteiger partial charge in [0.05, 0.1) is 30.0 Å². The van der Waals surface area contributed by atoms with Gasteiger partial charge in [-0.3, -0.25) is 14.5 Å². The zero-order chi connectivity index (χ0) is 17.3. The first-order chi connectivity index (χ1) is 11.5. The number of halogens is 1. The van der Waals surface area contributed by atoms with Crippen LogP contribution in [-0.4, -0.2) is 34.3 Å². The van der Waals surface area contributed by atoms with Gasteiger partial charge in [-0.1, -0.05) is 23.7 Å². The van der Waals surface area contributed by atoms with Gasteiger partial charge in [-0.15, -0.1) is 0 Å². The molecule has 0 N–H and O–H groups in total. The number of esters is 1. The van der Waals surface area contributed by atoms with Crippen molar-refractivity contribution in [2.24, 2.45) is 0 Å². The largest absolute Gasteiger partial charge is 0.461 e. The Labute approximate surface area is 143 Å². The Morgan fingerprint density at radius 2 is 1.79 bits per heavy atom. The Balaban J connectivity index is 1.89. The Hall–Kier alpha value is -2.73. The predicted molar refractivity (Wildman–Crippen MR) is 85.8 cm³/mol. The molecule has 0 saturated heterocycles. The van der Waals surface area contributed by atoms with Crippen LogP contribution < -0.4 is 0 Å². The molecule has 0 unspecified atom stereocenters. The summed E-state index contributed by atoms with van der Waals surface area (Å²) in [5, 5.41) is 0.277. The molecule has 1 aromatic heterocycles. The van der Waals surface area contributed by atoms with E-state index in [0.29, 0.717) is 16.8 Å². The van der Waals surface area contributed by atoms with Crippen molar-refractivity contribution >= 4 is 29.4 Å². The molecule has 3 rings (SSSR count). The second kappa shape index (κ2) is 6.41. The maximum absolute atomic E-state index is 12.4. The summed E-state index contributed by atoms with van der Waals surface area (Å²) < 4.78 is 4.89. The number of imide groups is 1. The molecule has 1 aromatic carbocycles. The number of amides is 2. The van der Waals surface area contributed by atoms with Gasteiger partial charge in [-0.25, -0.2) is 9.78 Å². The summed E-state index contributed by atoms with van der Waals surface area (Å²) in [6.07, 6.45) is 0. The number of ether oxygens (including phenoxy) is 1. The topological polar surface area (TPSA) is 76.6 Å². The van der Waals surface area contributed by atoms with Crippen molar-refractivity contribution in [1.82, 2.24) is 9.88 Å². The van der Waals surface area contributed by atoms with Crippen LogP contribution in [0.5, 0.6) is 0 Å². The molecule has 0 fully saturated rings. The zero-order valence-electron chi connectivity index (χ0n) is 12.8. The summed E-state index contributed by atoms with van der Waals surface area (Å²) in [6.45, 7) is 1.82. The molecular weight excluding hydrogens is 332 g/mol. The van der Waals surface area contributed by atoms with Crippen molar-refractivity contribution in [3.63, 3.8) is 0 Å². The molecular formula is C17H13ClN2O4. The van der Waals surface area contributed by atoms with E-state index in [1.807, 2.05) is 0 Å². The third kappa shape index (κ3) is 2.88. The van der Waals surface area contributed by atoms with Crippen LogP contribution in [0.1, 0.15) is 43.8 Å². The van der Waals surface area contributed by atoms with Gasteiger partial charge in [0.2, 0.25) is 0 Å². The van der Waals surface area contributed by atoms with Crippen molar-refractivity contribution in [2.75, 3.05) is 6.61 Å². The monoisotopic (exact) mass is 344 g/mol. The van der Waals surface area contributed by atoms with E-state index in [1.165, 1.54) is 12.1 Å². The van der Waals surface area contributed by atoms with E-state index in [2.05, 4.69) is 4.98 Å². The molecule has 0 radical (unpaired) electrons. The molecule has 0 bridgehead atoms. The SMILES string of the molecule is CCOC(=O)c1cc(Cl)cc(CN2C(=O)c3ccccc3C2=O)n1. The fraction of sp³-hybridized carbons (Fsp3) is 0.176. The van der Waals surface area contributed by atoms with Gasteiger partial charge in [0.1, 0.15) is 5.69 Å². The Bertz CT molecular complexity index is 815. The first-order valence-electron chi connectivity index (χ1n) is 7.30. The minimum atomic E-state index is -0.608. The highest BCUT2D eigenvalue weighted by atomic mass is 35.5. The standard InChI is InChI=1S/C17H13ClN2O4/c1-2-24-17(23)14-8-10(18)7-11(19-14)9-20-15(21)12-5-3-4-6-13(12)16(20)22/h3-8H,2,9H2,1H3. The second-order valence-corrected chi connectivity index (χ2v) is 5.56. The number of carbonyl (C=O) groups excluding carboxylic acids is 3. The molecule has 0 saturated carbocycles. The van der Waals surface area contributed by atoms with Crippen LogP contribution in [0.2, 0.25) is 5.02 Å². The van der Waals surface area contributed by atoms with Crippen molar-refractivity contribution in [3.8, 4) is 0 Å². The number of pyridine rings is 1. The van der Waals surface area contributed by atoms with Crippen molar-refractivity contribution in [3.05, 3.63) is 63.9 Å². The zero-order valence-corrected chi connectivity index (χ0v) is 13.5. The molecule has 7 heteroatoms. The molecule has 6 nitrogen and oxygen atoms in total. The minimum absolute atomic E-state index is 0.0379. The molecule has 0 atom stereocenters. The van der Waals surface area contributed by atoms with Crippen LogP contribution in [0.25, 0.3) is 0 Å². The van der Waals surface area contributed by atoms with Gasteiger partial charge in [-0.05, 0) is 31.2 Å². The van der Waals surface area contributed by atoms with Gasteiger partial charge >= 0.3 is 5.97 Å². The van der Waals surface area contributed by atoms with Crippen molar-refractivity contribution < 1.29 is 19.1 Å². The number of aromatic nitrogens is 1. The van der Waals surface area contributed by atoms with Gasteiger partial charge in [0.25, 0.3) is 11.8 Å². The number of rotatable bonds is 4. The maximum atomic E-state index is 12.4. The number of carbonyl (C=O) groups is 3. The smallest absolute Gasteiger partial charge is 0.356 e. The van der Waals surface area contributed by atoms with Crippen LogP contribution in [0.3, 0.4) is 0 Å². The second-order valence-electron chi connectivity index (χ2n) is 5.12. The van der Waals surface area contributed by atoms with E-state index in [0.717, 1.165) is 4.90 Å². The lowest BCUT2D eigenvalue weighted by Gasteiger charge is -2.14. The fourth-order valence-electron chi connectivity index (χ4n) is 2.49. The molecule has 0 aliphatic carbocycles. The molecule has 0 spiro atoms. The first kappa shape index (κ1) is 16.1. The van der Waals surface area contributed by atoms with Crippen LogP contribution >= 0.6 is 11.6 Å². The summed E-state index contributed by atoms with van der Waals surface area (Å²) in [5.41, 5.74) is 1.08. The van der Waals surface area contributed by atoms with E-state index in [9.17, 15) is 14.4 Å². The fourth-order valence-corrected chi connectivity index (χ4v) is 2.72. The first-order valence-corrected chi connectivity index (χ1v) is 7.68. The summed E-state index contributed by atoms with van der Waals surface area (Å²) in [5.74, 6) is -1.39. The van der Waals surface area contributed by atoms with Gasteiger partial charge < -0.3 is 4.74 Å². The average molecular weight is 345 g/mol. The highest BCUT2D eigenvalue weighted by molar-refractivity contribution is 6.31. The van der Waals surface area contributed by atoms with E-state index in [1.54, 1.807) is 31.2 Å². The molecule has 2 heterocycles. The van der Waals surface area contributed by atoms with Gasteiger partial charge in [0, 0.05) is 5.02 Å². The molecule has 1 aliphatic heterocycles.